The number of H-pyrrole nitrogens is 1. The van der Waals surface area contributed by atoms with Crippen molar-refractivity contribution < 1.29 is 9.53 Å². The lowest BCUT2D eigenvalue weighted by molar-refractivity contribution is -0.143. The fourth-order valence-corrected chi connectivity index (χ4v) is 3.92. The van der Waals surface area contributed by atoms with Gasteiger partial charge in [-0.05, 0) is 36.6 Å². The van der Waals surface area contributed by atoms with Gasteiger partial charge in [-0.3, -0.25) is 10.1 Å². The first kappa shape index (κ1) is 15.9. The second-order valence-corrected chi connectivity index (χ2v) is 6.80. The van der Waals surface area contributed by atoms with Crippen LogP contribution < -0.4 is 5.32 Å². The number of methoxy groups -OCH3 is 1. The van der Waals surface area contributed by atoms with Crippen LogP contribution in [0, 0.1) is 13.8 Å². The second-order valence-electron chi connectivity index (χ2n) is 6.80. The van der Waals surface area contributed by atoms with Crippen molar-refractivity contribution in [1.82, 2.24) is 10.3 Å². The highest BCUT2D eigenvalue weighted by Gasteiger charge is 2.34. The Bertz CT molecular complexity index is 958. The number of esters is 1. The lowest BCUT2D eigenvalue weighted by atomic mass is 9.88. The second kappa shape index (κ2) is 6.05. The number of nitrogens with one attached hydrogen (secondary N) is 2. The molecule has 0 unspecified atom stereocenters. The molecule has 0 spiro atoms. The van der Waals surface area contributed by atoms with E-state index in [0.717, 1.165) is 11.2 Å². The maximum Gasteiger partial charge on any atom is 0.323 e. The number of fused-ring (bicyclic) bond motifs is 3. The molecule has 0 bridgehead atoms. The third kappa shape index (κ3) is 2.63. The van der Waals surface area contributed by atoms with Crippen LogP contribution in [0.4, 0.5) is 0 Å². The standard InChI is InChI=1S/C21H22N2O2/c1-12-8-9-14(13(2)10-12)19-20-16(11-18(23-19)21(24)25-3)15-6-4-5-7-17(15)22-20/h4-10,18-19,22-23H,11H2,1-3H3/t18-,19-/m0/s1. The van der Waals surface area contributed by atoms with E-state index in [2.05, 4.69) is 54.5 Å². The average Bonchev–Trinajstić information content (AvgIpc) is 2.99. The number of hydrogen-bond acceptors (Lipinski definition) is 3. The fourth-order valence-electron chi connectivity index (χ4n) is 3.92. The lowest BCUT2D eigenvalue weighted by Gasteiger charge is -2.31. The highest BCUT2D eigenvalue weighted by atomic mass is 16.5. The van der Waals surface area contributed by atoms with Crippen molar-refractivity contribution >= 4 is 16.9 Å². The van der Waals surface area contributed by atoms with E-state index in [9.17, 15) is 4.79 Å². The van der Waals surface area contributed by atoms with Crippen LogP contribution in [-0.4, -0.2) is 24.1 Å². The molecule has 128 valence electrons. The Morgan fingerprint density at radius 1 is 1.16 bits per heavy atom. The van der Waals surface area contributed by atoms with Crippen LogP contribution >= 0.6 is 0 Å². The van der Waals surface area contributed by atoms with E-state index >= 15 is 0 Å². The molecule has 1 aliphatic heterocycles. The van der Waals surface area contributed by atoms with Crippen LogP contribution in [0.1, 0.15) is 34.0 Å². The van der Waals surface area contributed by atoms with Gasteiger partial charge < -0.3 is 9.72 Å². The summed E-state index contributed by atoms with van der Waals surface area (Å²) in [6.45, 7) is 4.21. The molecule has 2 heterocycles. The van der Waals surface area contributed by atoms with Crippen LogP contribution in [0.25, 0.3) is 10.9 Å². The average molecular weight is 334 g/mol. The number of para-hydroxylation sites is 1. The zero-order valence-corrected chi connectivity index (χ0v) is 14.7. The summed E-state index contributed by atoms with van der Waals surface area (Å²) < 4.78 is 5.02. The maximum absolute atomic E-state index is 12.3. The normalized spacial score (nSPS) is 19.6. The molecule has 1 aromatic heterocycles. The molecule has 4 rings (SSSR count). The summed E-state index contributed by atoms with van der Waals surface area (Å²) in [5.74, 6) is -0.217. The van der Waals surface area contributed by atoms with Crippen LogP contribution in [0.2, 0.25) is 0 Å². The highest BCUT2D eigenvalue weighted by Crippen LogP contribution is 2.36. The third-order valence-corrected chi connectivity index (χ3v) is 5.13. The van der Waals surface area contributed by atoms with Crippen molar-refractivity contribution in [2.75, 3.05) is 7.11 Å². The zero-order chi connectivity index (χ0) is 17.6. The summed E-state index contributed by atoms with van der Waals surface area (Å²) in [6.07, 6.45) is 0.632. The molecule has 0 aliphatic carbocycles. The third-order valence-electron chi connectivity index (χ3n) is 5.13. The lowest BCUT2D eigenvalue weighted by Crippen LogP contribution is -2.45. The number of ether oxygens (including phenoxy) is 1. The molecule has 0 saturated heterocycles. The molecule has 0 amide bonds. The van der Waals surface area contributed by atoms with E-state index in [1.54, 1.807) is 0 Å². The summed E-state index contributed by atoms with van der Waals surface area (Å²) in [5, 5.41) is 4.68. The number of aromatic nitrogens is 1. The quantitative estimate of drug-likeness (QED) is 0.705. The van der Waals surface area contributed by atoms with Gasteiger partial charge in [-0.2, -0.15) is 0 Å². The van der Waals surface area contributed by atoms with Crippen LogP contribution in [-0.2, 0) is 16.0 Å². The van der Waals surface area contributed by atoms with Gasteiger partial charge in [-0.1, -0.05) is 42.0 Å². The predicted molar refractivity (Wildman–Crippen MR) is 98.7 cm³/mol. The Balaban J connectivity index is 1.90. The monoisotopic (exact) mass is 334 g/mol. The SMILES string of the molecule is COC(=O)[C@@H]1Cc2c([nH]c3ccccc23)[C@H](c2ccc(C)cc2C)N1. The van der Waals surface area contributed by atoms with Crippen molar-refractivity contribution in [2.45, 2.75) is 32.4 Å². The number of hydrogen-bond donors (Lipinski definition) is 2. The summed E-state index contributed by atoms with van der Waals surface area (Å²) >= 11 is 0. The van der Waals surface area contributed by atoms with Crippen LogP contribution in [0.3, 0.4) is 0 Å². The van der Waals surface area contributed by atoms with Crippen molar-refractivity contribution in [2.24, 2.45) is 0 Å². The molecule has 1 aliphatic rings. The van der Waals surface area contributed by atoms with Crippen molar-refractivity contribution in [1.29, 1.82) is 0 Å². The molecule has 2 atom stereocenters. The van der Waals surface area contributed by atoms with Crippen molar-refractivity contribution in [3.63, 3.8) is 0 Å². The smallest absolute Gasteiger partial charge is 0.323 e. The fraction of sp³-hybridized carbons (Fsp3) is 0.286. The predicted octanol–water partition coefficient (Wildman–Crippen LogP) is 3.56. The first-order valence-corrected chi connectivity index (χ1v) is 8.59. The molecule has 3 aromatic rings. The minimum atomic E-state index is -0.345. The molecule has 0 fully saturated rings. The molecule has 25 heavy (non-hydrogen) atoms. The number of benzene rings is 2. The number of aryl methyl sites for hydroxylation is 2. The summed E-state index contributed by atoms with van der Waals surface area (Å²) in [6, 6.07) is 14.3. The number of carbonyl (C=O) groups is 1. The molecule has 2 aromatic carbocycles. The molecule has 2 N–H and O–H groups in total. The van der Waals surface area contributed by atoms with Crippen molar-refractivity contribution in [3.05, 3.63) is 70.4 Å². The van der Waals surface area contributed by atoms with Gasteiger partial charge in [-0.25, -0.2) is 0 Å². The number of aromatic amines is 1. The Hall–Kier alpha value is -2.59. The Morgan fingerprint density at radius 3 is 2.72 bits per heavy atom. The first-order chi connectivity index (χ1) is 12.1. The van der Waals surface area contributed by atoms with Gasteiger partial charge in [-0.15, -0.1) is 0 Å². The molecular weight excluding hydrogens is 312 g/mol. The van der Waals surface area contributed by atoms with Gasteiger partial charge in [0.25, 0.3) is 0 Å². The van der Waals surface area contributed by atoms with E-state index in [-0.39, 0.29) is 18.1 Å². The summed E-state index contributed by atoms with van der Waals surface area (Å²) in [7, 11) is 1.45. The van der Waals surface area contributed by atoms with Gasteiger partial charge in [0.15, 0.2) is 0 Å². The van der Waals surface area contributed by atoms with Gasteiger partial charge in [0, 0.05) is 23.0 Å². The summed E-state index contributed by atoms with van der Waals surface area (Å²) in [4.78, 5) is 15.8. The van der Waals surface area contributed by atoms with Crippen LogP contribution in [0.5, 0.6) is 0 Å². The zero-order valence-electron chi connectivity index (χ0n) is 14.7. The Kier molecular flexibility index (Phi) is 3.85. The molecular formula is C21H22N2O2. The van der Waals surface area contributed by atoms with Crippen LogP contribution in [0.15, 0.2) is 42.5 Å². The van der Waals surface area contributed by atoms with E-state index in [1.807, 2.05) is 12.1 Å². The van der Waals surface area contributed by atoms with Crippen molar-refractivity contribution in [3.8, 4) is 0 Å². The minimum absolute atomic E-state index is 0.0548. The van der Waals surface area contributed by atoms with E-state index in [1.165, 1.54) is 34.7 Å². The van der Waals surface area contributed by atoms with Gasteiger partial charge in [0.1, 0.15) is 6.04 Å². The number of rotatable bonds is 2. The molecule has 0 saturated carbocycles. The van der Waals surface area contributed by atoms with Gasteiger partial charge in [0.05, 0.1) is 13.2 Å². The first-order valence-electron chi connectivity index (χ1n) is 8.59. The van der Waals surface area contributed by atoms with Gasteiger partial charge in [0.2, 0.25) is 0 Å². The Labute approximate surface area is 147 Å². The van der Waals surface area contributed by atoms with Gasteiger partial charge >= 0.3 is 5.97 Å². The molecule has 0 radical (unpaired) electrons. The van der Waals surface area contributed by atoms with E-state index in [4.69, 9.17) is 4.74 Å². The van der Waals surface area contributed by atoms with E-state index in [0.29, 0.717) is 6.42 Å². The highest BCUT2D eigenvalue weighted by molar-refractivity contribution is 5.87. The Morgan fingerprint density at radius 2 is 1.96 bits per heavy atom. The minimum Gasteiger partial charge on any atom is -0.468 e. The maximum atomic E-state index is 12.3. The largest absolute Gasteiger partial charge is 0.468 e. The molecule has 4 heteroatoms. The topological polar surface area (TPSA) is 54.1 Å². The summed E-state index contributed by atoms with van der Waals surface area (Å²) in [5.41, 5.74) is 7.09. The van der Waals surface area contributed by atoms with E-state index < -0.39 is 0 Å². The number of carbonyl (C=O) groups excluding carboxylic acids is 1. The molecule has 4 nitrogen and oxygen atoms in total.